The highest BCUT2D eigenvalue weighted by molar-refractivity contribution is 5.71. The van der Waals surface area contributed by atoms with Gasteiger partial charge in [0.2, 0.25) is 5.95 Å². The van der Waals surface area contributed by atoms with Gasteiger partial charge < -0.3 is 15.2 Å². The number of nitrogens with one attached hydrogen (secondary N) is 1. The number of hydrogen-bond donors (Lipinski definition) is 2. The first-order valence-corrected chi connectivity index (χ1v) is 8.32. The molecule has 134 valence electrons. The van der Waals surface area contributed by atoms with Gasteiger partial charge in [-0.3, -0.25) is 9.69 Å². The van der Waals surface area contributed by atoms with Gasteiger partial charge in [0.25, 0.3) is 0 Å². The lowest BCUT2D eigenvalue weighted by Gasteiger charge is -2.21. The maximum Gasteiger partial charge on any atom is 0.322 e. The van der Waals surface area contributed by atoms with Crippen molar-refractivity contribution in [2.45, 2.75) is 26.9 Å². The zero-order valence-corrected chi connectivity index (χ0v) is 14.6. The third kappa shape index (κ3) is 6.04. The molecule has 1 aromatic heterocycles. The normalized spacial score (nSPS) is 10.7. The van der Waals surface area contributed by atoms with Crippen LogP contribution in [0.4, 0.5) is 5.95 Å². The fourth-order valence-electron chi connectivity index (χ4n) is 2.39. The lowest BCUT2D eigenvalue weighted by atomic mass is 10.1. The summed E-state index contributed by atoms with van der Waals surface area (Å²) in [6, 6.07) is 8.04. The summed E-state index contributed by atoms with van der Waals surface area (Å²) in [7, 11) is 0. The van der Waals surface area contributed by atoms with Crippen LogP contribution in [0.25, 0.3) is 0 Å². The fourth-order valence-corrected chi connectivity index (χ4v) is 2.39. The Balaban J connectivity index is 1.98. The first-order chi connectivity index (χ1) is 12.1. The van der Waals surface area contributed by atoms with Crippen molar-refractivity contribution in [2.24, 2.45) is 0 Å². The summed E-state index contributed by atoms with van der Waals surface area (Å²) in [5, 5.41) is 11.3. The number of benzene rings is 1. The van der Waals surface area contributed by atoms with Crippen LogP contribution in [0.2, 0.25) is 0 Å². The Kier molecular flexibility index (Phi) is 7.16. The van der Waals surface area contributed by atoms with Gasteiger partial charge in [-0.1, -0.05) is 25.1 Å². The van der Waals surface area contributed by atoms with E-state index < -0.39 is 5.97 Å². The number of carboxylic acid groups (broad SMARTS) is 1. The average Bonchev–Trinajstić information content (AvgIpc) is 2.62. The minimum atomic E-state index is -0.946. The van der Waals surface area contributed by atoms with Crippen molar-refractivity contribution in [2.75, 3.05) is 25.0 Å². The molecule has 0 aliphatic heterocycles. The molecule has 0 saturated heterocycles. The number of aliphatic carboxylic acids is 1. The third-order valence-electron chi connectivity index (χ3n) is 3.62. The smallest absolute Gasteiger partial charge is 0.322 e. The molecule has 0 aliphatic carbocycles. The monoisotopic (exact) mass is 344 g/mol. The zero-order chi connectivity index (χ0) is 18.1. The Morgan fingerprint density at radius 1 is 1.20 bits per heavy atom. The van der Waals surface area contributed by atoms with Crippen LogP contribution in [0, 0.1) is 0 Å². The van der Waals surface area contributed by atoms with Crippen molar-refractivity contribution in [1.82, 2.24) is 14.9 Å². The molecule has 0 atom stereocenters. The van der Waals surface area contributed by atoms with Crippen LogP contribution in [0.1, 0.15) is 25.0 Å². The first-order valence-electron chi connectivity index (χ1n) is 8.32. The molecule has 0 saturated carbocycles. The van der Waals surface area contributed by atoms with Crippen LogP contribution in [-0.4, -0.2) is 45.6 Å². The molecule has 2 rings (SSSR count). The van der Waals surface area contributed by atoms with Crippen LogP contribution in [0.15, 0.2) is 36.7 Å². The van der Waals surface area contributed by atoms with Crippen molar-refractivity contribution in [3.8, 4) is 5.75 Å². The fraction of sp³-hybridized carbons (Fsp3) is 0.389. The zero-order valence-electron chi connectivity index (χ0n) is 14.6. The van der Waals surface area contributed by atoms with Crippen LogP contribution in [0.5, 0.6) is 5.75 Å². The highest BCUT2D eigenvalue weighted by Crippen LogP contribution is 2.20. The van der Waals surface area contributed by atoms with Crippen molar-refractivity contribution in [1.29, 1.82) is 0 Å². The molecule has 2 N–H and O–H groups in total. The summed E-state index contributed by atoms with van der Waals surface area (Å²) in [6.07, 6.45) is 3.43. The van der Waals surface area contributed by atoms with Gasteiger partial charge >= 0.3 is 5.97 Å². The molecular weight excluding hydrogens is 320 g/mol. The molecule has 1 aromatic carbocycles. The SMILES string of the molecule is CCOc1ccccc1CN(CC)Cc1cnc(NCC(=O)O)nc1. The van der Waals surface area contributed by atoms with Crippen molar-refractivity contribution in [3.05, 3.63) is 47.8 Å². The summed E-state index contributed by atoms with van der Waals surface area (Å²) >= 11 is 0. The summed E-state index contributed by atoms with van der Waals surface area (Å²) in [6.45, 7) is 6.87. The van der Waals surface area contributed by atoms with Gasteiger partial charge in [0, 0.05) is 36.6 Å². The Hall–Kier alpha value is -2.67. The van der Waals surface area contributed by atoms with E-state index in [0.29, 0.717) is 19.1 Å². The van der Waals surface area contributed by atoms with E-state index in [1.54, 1.807) is 12.4 Å². The number of aromatic nitrogens is 2. The minimum absolute atomic E-state index is 0.200. The Bertz CT molecular complexity index is 676. The van der Waals surface area contributed by atoms with Gasteiger partial charge in [-0.25, -0.2) is 9.97 Å². The van der Waals surface area contributed by atoms with Crippen LogP contribution >= 0.6 is 0 Å². The Morgan fingerprint density at radius 3 is 2.56 bits per heavy atom. The van der Waals surface area contributed by atoms with E-state index in [2.05, 4.69) is 33.2 Å². The van der Waals surface area contributed by atoms with Crippen LogP contribution in [-0.2, 0) is 17.9 Å². The Labute approximate surface area is 147 Å². The van der Waals surface area contributed by atoms with E-state index in [-0.39, 0.29) is 6.54 Å². The number of para-hydroxylation sites is 1. The lowest BCUT2D eigenvalue weighted by molar-refractivity contribution is -0.134. The number of anilines is 1. The van der Waals surface area contributed by atoms with Crippen molar-refractivity contribution in [3.63, 3.8) is 0 Å². The van der Waals surface area contributed by atoms with Gasteiger partial charge in [-0.2, -0.15) is 0 Å². The van der Waals surface area contributed by atoms with E-state index in [9.17, 15) is 4.79 Å². The van der Waals surface area contributed by atoms with Gasteiger partial charge in [-0.05, 0) is 19.5 Å². The van der Waals surface area contributed by atoms with E-state index >= 15 is 0 Å². The number of nitrogens with zero attached hydrogens (tertiary/aromatic N) is 3. The number of carboxylic acids is 1. The largest absolute Gasteiger partial charge is 0.494 e. The van der Waals surface area contributed by atoms with Crippen LogP contribution < -0.4 is 10.1 Å². The first kappa shape index (κ1) is 18.7. The number of hydrogen-bond acceptors (Lipinski definition) is 6. The van der Waals surface area contributed by atoms with Crippen molar-refractivity contribution < 1.29 is 14.6 Å². The second-order valence-corrected chi connectivity index (χ2v) is 5.51. The molecule has 0 radical (unpaired) electrons. The second-order valence-electron chi connectivity index (χ2n) is 5.51. The standard InChI is InChI=1S/C18H24N4O3/c1-3-22(13-15-7-5-6-8-16(15)25-4-2)12-14-9-19-18(20-10-14)21-11-17(23)24/h5-10H,3-4,11-13H2,1-2H3,(H,23,24)(H,19,20,21). The summed E-state index contributed by atoms with van der Waals surface area (Å²) in [5.41, 5.74) is 2.11. The molecule has 0 aliphatic rings. The summed E-state index contributed by atoms with van der Waals surface area (Å²) in [5.74, 6) is 0.279. The molecule has 0 bridgehead atoms. The average molecular weight is 344 g/mol. The predicted octanol–water partition coefficient (Wildman–Crippen LogP) is 2.39. The predicted molar refractivity (Wildman–Crippen MR) is 95.6 cm³/mol. The molecule has 2 aromatic rings. The van der Waals surface area contributed by atoms with Crippen LogP contribution in [0.3, 0.4) is 0 Å². The quantitative estimate of drug-likeness (QED) is 0.684. The summed E-state index contributed by atoms with van der Waals surface area (Å²) in [4.78, 5) is 21.1. The molecular formula is C18H24N4O3. The molecule has 25 heavy (non-hydrogen) atoms. The second kappa shape index (κ2) is 9.58. The topological polar surface area (TPSA) is 87.6 Å². The highest BCUT2D eigenvalue weighted by Gasteiger charge is 2.10. The van der Waals surface area contributed by atoms with Gasteiger partial charge in [0.15, 0.2) is 0 Å². The maximum absolute atomic E-state index is 10.5. The van der Waals surface area contributed by atoms with Gasteiger partial charge in [0.05, 0.1) is 6.61 Å². The van der Waals surface area contributed by atoms with E-state index in [0.717, 1.165) is 30.0 Å². The molecule has 0 spiro atoms. The molecule has 7 nitrogen and oxygen atoms in total. The Morgan fingerprint density at radius 2 is 1.92 bits per heavy atom. The summed E-state index contributed by atoms with van der Waals surface area (Å²) < 4.78 is 5.69. The number of carbonyl (C=O) groups is 1. The van der Waals surface area contributed by atoms with Gasteiger partial charge in [0.1, 0.15) is 12.3 Å². The number of ether oxygens (including phenoxy) is 1. The highest BCUT2D eigenvalue weighted by atomic mass is 16.5. The van der Waals surface area contributed by atoms with E-state index in [1.807, 2.05) is 25.1 Å². The lowest BCUT2D eigenvalue weighted by Crippen LogP contribution is -2.23. The van der Waals surface area contributed by atoms with Crippen molar-refractivity contribution >= 4 is 11.9 Å². The van der Waals surface area contributed by atoms with E-state index in [4.69, 9.17) is 9.84 Å². The molecule has 7 heteroatoms. The van der Waals surface area contributed by atoms with E-state index in [1.165, 1.54) is 0 Å². The minimum Gasteiger partial charge on any atom is -0.494 e. The molecule has 0 unspecified atom stereocenters. The number of rotatable bonds is 10. The maximum atomic E-state index is 10.5. The van der Waals surface area contributed by atoms with Gasteiger partial charge in [-0.15, -0.1) is 0 Å². The molecule has 0 amide bonds. The molecule has 0 fully saturated rings. The third-order valence-corrected chi connectivity index (χ3v) is 3.62. The molecule has 1 heterocycles.